The Bertz CT molecular complexity index is 141. The normalized spacial score (nSPS) is 15.5. The topological polar surface area (TPSA) is 52.5 Å². The Morgan fingerprint density at radius 3 is 2.38 bits per heavy atom. The van der Waals surface area contributed by atoms with Crippen LogP contribution in [0.5, 0.6) is 0 Å². The lowest BCUT2D eigenvalue weighted by Gasteiger charge is -2.24. The third-order valence-electron chi connectivity index (χ3n) is 1.83. The van der Waals surface area contributed by atoms with Crippen LogP contribution in [0.25, 0.3) is 0 Å². The molecule has 0 radical (unpaired) electrons. The van der Waals surface area contributed by atoms with Crippen molar-refractivity contribution in [3.05, 3.63) is 12.7 Å². The molecule has 0 aromatic rings. The van der Waals surface area contributed by atoms with E-state index in [0.717, 1.165) is 6.42 Å². The van der Waals surface area contributed by atoms with Crippen LogP contribution in [0.1, 0.15) is 20.3 Å². The predicted molar refractivity (Wildman–Crippen MR) is 56.4 cm³/mol. The van der Waals surface area contributed by atoms with Gasteiger partial charge in [-0.3, -0.25) is 0 Å². The van der Waals surface area contributed by atoms with E-state index < -0.39 is 13.2 Å². The molecule has 0 aliphatic rings. The Morgan fingerprint density at radius 1 is 1.54 bits per heavy atom. The van der Waals surface area contributed by atoms with Gasteiger partial charge in [0, 0.05) is 6.04 Å². The summed E-state index contributed by atoms with van der Waals surface area (Å²) in [7, 11) is -0.599. The fourth-order valence-corrected chi connectivity index (χ4v) is 1.29. The second kappa shape index (κ2) is 6.19. The Kier molecular flexibility index (Phi) is 6.04. The van der Waals surface area contributed by atoms with Crippen molar-refractivity contribution in [2.24, 2.45) is 5.92 Å². The Morgan fingerprint density at radius 2 is 2.08 bits per heavy atom. The van der Waals surface area contributed by atoms with Crippen LogP contribution in [0, 0.1) is 5.92 Å². The van der Waals surface area contributed by atoms with Gasteiger partial charge in [-0.05, 0) is 19.2 Å². The highest BCUT2D eigenvalue weighted by Gasteiger charge is 2.20. The summed E-state index contributed by atoms with van der Waals surface area (Å²) in [6.07, 6.45) is 1.71. The van der Waals surface area contributed by atoms with Gasteiger partial charge < -0.3 is 15.4 Å². The van der Waals surface area contributed by atoms with Crippen LogP contribution in [0.3, 0.4) is 0 Å². The van der Waals surface area contributed by atoms with Crippen molar-refractivity contribution in [1.82, 2.24) is 5.23 Å². The number of rotatable bonds is 6. The van der Waals surface area contributed by atoms with Crippen LogP contribution in [-0.2, 0) is 0 Å². The van der Waals surface area contributed by atoms with E-state index in [2.05, 4.69) is 25.7 Å². The maximum Gasteiger partial charge on any atom is 0.373 e. The van der Waals surface area contributed by atoms with E-state index in [9.17, 15) is 5.11 Å². The first-order valence-corrected chi connectivity index (χ1v) is 4.72. The maximum atomic E-state index is 9.52. The van der Waals surface area contributed by atoms with Crippen molar-refractivity contribution in [3.8, 4) is 0 Å². The van der Waals surface area contributed by atoms with E-state index >= 15 is 0 Å². The van der Waals surface area contributed by atoms with Crippen LogP contribution >= 0.6 is 0 Å². The fraction of sp³-hybridized carbons (Fsp3) is 0.778. The first-order valence-electron chi connectivity index (χ1n) is 4.72. The Hall–Kier alpha value is -0.315. The predicted octanol–water partition coefficient (Wildman–Crippen LogP) is 0.648. The van der Waals surface area contributed by atoms with Gasteiger partial charge in [-0.2, -0.15) is 0 Å². The molecule has 2 atom stereocenters. The van der Waals surface area contributed by atoms with E-state index in [1.165, 1.54) is 6.08 Å². The lowest BCUT2D eigenvalue weighted by molar-refractivity contribution is 0.168. The molecule has 0 aromatic carbocycles. The molecule has 0 bridgehead atoms. The summed E-state index contributed by atoms with van der Waals surface area (Å²) >= 11 is 0. The molecule has 0 heterocycles. The molecule has 0 aromatic heterocycles. The van der Waals surface area contributed by atoms with Gasteiger partial charge in [0.15, 0.2) is 0 Å². The zero-order chi connectivity index (χ0) is 10.4. The summed E-state index contributed by atoms with van der Waals surface area (Å²) in [6, 6.07) is -0.113. The van der Waals surface area contributed by atoms with Crippen LogP contribution in [-0.4, -0.2) is 29.3 Å². The van der Waals surface area contributed by atoms with Gasteiger partial charge in [0.2, 0.25) is 0 Å². The van der Waals surface area contributed by atoms with E-state index in [0.29, 0.717) is 5.92 Å². The van der Waals surface area contributed by atoms with Crippen LogP contribution in [0.2, 0.25) is 6.82 Å². The molecule has 0 unspecified atom stereocenters. The molecule has 0 aliphatic carbocycles. The SMILES string of the molecule is C=C[C@H](O)[C@H](CC(C)C)NB(C)O. The average molecular weight is 185 g/mol. The molecule has 3 nitrogen and oxygen atoms in total. The maximum absolute atomic E-state index is 9.52. The molecular formula is C9H20BNO2. The van der Waals surface area contributed by atoms with Crippen LogP contribution in [0.15, 0.2) is 12.7 Å². The van der Waals surface area contributed by atoms with Crippen molar-refractivity contribution < 1.29 is 10.1 Å². The second-order valence-electron chi connectivity index (χ2n) is 3.80. The quantitative estimate of drug-likeness (QED) is 0.420. The van der Waals surface area contributed by atoms with Gasteiger partial charge in [-0.15, -0.1) is 6.58 Å². The first-order chi connectivity index (χ1) is 5.97. The van der Waals surface area contributed by atoms with E-state index in [4.69, 9.17) is 5.02 Å². The minimum Gasteiger partial charge on any atom is -0.437 e. The summed E-state index contributed by atoms with van der Waals surface area (Å²) < 4.78 is 0. The zero-order valence-electron chi connectivity index (χ0n) is 8.70. The molecule has 0 saturated carbocycles. The number of aliphatic hydroxyl groups is 1. The second-order valence-corrected chi connectivity index (χ2v) is 3.80. The highest BCUT2D eigenvalue weighted by atomic mass is 16.3. The third-order valence-corrected chi connectivity index (χ3v) is 1.83. The minimum absolute atomic E-state index is 0.113. The van der Waals surface area contributed by atoms with E-state index in [1.807, 2.05) is 0 Å². The molecule has 76 valence electrons. The molecule has 13 heavy (non-hydrogen) atoms. The smallest absolute Gasteiger partial charge is 0.373 e. The van der Waals surface area contributed by atoms with Crippen molar-refractivity contribution in [3.63, 3.8) is 0 Å². The number of aliphatic hydroxyl groups excluding tert-OH is 1. The summed E-state index contributed by atoms with van der Waals surface area (Å²) in [6.45, 7) is 9.32. The molecule has 0 fully saturated rings. The Labute approximate surface area is 81.0 Å². The van der Waals surface area contributed by atoms with Gasteiger partial charge in [-0.1, -0.05) is 19.9 Å². The lowest BCUT2D eigenvalue weighted by atomic mass is 9.84. The minimum atomic E-state index is -0.600. The third kappa shape index (κ3) is 5.85. The molecule has 0 amide bonds. The molecule has 0 saturated heterocycles. The summed E-state index contributed by atoms with van der Waals surface area (Å²) in [5, 5.41) is 21.5. The molecular weight excluding hydrogens is 165 g/mol. The molecule has 3 N–H and O–H groups in total. The standard InChI is InChI=1S/C9H20BNO2/c1-5-9(12)8(6-7(2)3)11-10(4)13/h5,7-9,11-13H,1,6H2,2-4H3/t8-,9-/m0/s1. The molecule has 0 aliphatic heterocycles. The van der Waals surface area contributed by atoms with Gasteiger partial charge in [0.1, 0.15) is 0 Å². The zero-order valence-corrected chi connectivity index (χ0v) is 8.70. The van der Waals surface area contributed by atoms with E-state index in [-0.39, 0.29) is 6.04 Å². The van der Waals surface area contributed by atoms with Crippen molar-refractivity contribution in [2.45, 2.75) is 39.2 Å². The van der Waals surface area contributed by atoms with Crippen LogP contribution < -0.4 is 5.23 Å². The fourth-order valence-electron chi connectivity index (χ4n) is 1.29. The first kappa shape index (κ1) is 12.7. The van der Waals surface area contributed by atoms with Crippen molar-refractivity contribution in [1.29, 1.82) is 0 Å². The van der Waals surface area contributed by atoms with Crippen molar-refractivity contribution >= 4 is 7.05 Å². The average Bonchev–Trinajstić information content (AvgIpc) is 2.00. The number of hydrogen-bond acceptors (Lipinski definition) is 3. The largest absolute Gasteiger partial charge is 0.437 e. The Balaban J connectivity index is 4.09. The highest BCUT2D eigenvalue weighted by Crippen LogP contribution is 2.09. The number of hydrogen-bond donors (Lipinski definition) is 3. The van der Waals surface area contributed by atoms with Gasteiger partial charge in [0.25, 0.3) is 0 Å². The summed E-state index contributed by atoms with van der Waals surface area (Å²) in [5.41, 5.74) is 0. The monoisotopic (exact) mass is 185 g/mol. The van der Waals surface area contributed by atoms with Gasteiger partial charge in [-0.25, -0.2) is 0 Å². The highest BCUT2D eigenvalue weighted by molar-refractivity contribution is 6.45. The van der Waals surface area contributed by atoms with Crippen LogP contribution in [0.4, 0.5) is 0 Å². The molecule has 4 heteroatoms. The molecule has 0 spiro atoms. The number of nitrogens with one attached hydrogen (secondary N) is 1. The summed E-state index contributed by atoms with van der Waals surface area (Å²) in [5.74, 6) is 0.478. The lowest BCUT2D eigenvalue weighted by Crippen LogP contribution is -2.46. The van der Waals surface area contributed by atoms with Crippen molar-refractivity contribution in [2.75, 3.05) is 0 Å². The summed E-state index contributed by atoms with van der Waals surface area (Å²) in [4.78, 5) is 0. The van der Waals surface area contributed by atoms with Gasteiger partial charge in [0.05, 0.1) is 6.10 Å². The van der Waals surface area contributed by atoms with E-state index in [1.54, 1.807) is 6.82 Å². The molecule has 0 rings (SSSR count). The van der Waals surface area contributed by atoms with Gasteiger partial charge >= 0.3 is 7.05 Å².